The Morgan fingerprint density at radius 1 is 1.67 bits per heavy atom. The Morgan fingerprint density at radius 2 is 2.33 bits per heavy atom. The summed E-state index contributed by atoms with van der Waals surface area (Å²) >= 11 is 2.06. The molecule has 3 nitrogen and oxygen atoms in total. The van der Waals surface area contributed by atoms with Crippen molar-refractivity contribution in [1.29, 1.82) is 0 Å². The zero-order valence-corrected chi connectivity index (χ0v) is 9.41. The average molecular weight is 285 g/mol. The van der Waals surface area contributed by atoms with Crippen LogP contribution in [0.3, 0.4) is 0 Å². The minimum atomic E-state index is -0.685. The van der Waals surface area contributed by atoms with Crippen molar-refractivity contribution >= 4 is 22.9 Å². The summed E-state index contributed by atoms with van der Waals surface area (Å²) < 4.78 is 2.95. The van der Waals surface area contributed by atoms with Crippen LogP contribution in [0, 0.1) is 0 Å². The van der Waals surface area contributed by atoms with Crippen molar-refractivity contribution in [3.63, 3.8) is 0 Å². The molecular formula is C8H16INO2. The highest BCUT2D eigenvalue weighted by molar-refractivity contribution is 14.1. The largest absolute Gasteiger partial charge is 0.510 e. The molecule has 0 saturated carbocycles. The van der Waals surface area contributed by atoms with Gasteiger partial charge >= 0.3 is 0 Å². The molecular weight excluding hydrogens is 269 g/mol. The standard InChI is InChI=1S/C8H16INO2/c1-2-4-7(11)8(12)5-3-6-10-9/h4,8,10-12H,2-3,5-6H2,1H3/b7-4+/t8-/m0/s1. The van der Waals surface area contributed by atoms with E-state index in [1.165, 1.54) is 0 Å². The molecule has 0 unspecified atom stereocenters. The van der Waals surface area contributed by atoms with Crippen LogP contribution in [0.1, 0.15) is 26.2 Å². The summed E-state index contributed by atoms with van der Waals surface area (Å²) in [6.07, 6.45) is 3.19. The second-order valence-electron chi connectivity index (χ2n) is 2.58. The summed E-state index contributed by atoms with van der Waals surface area (Å²) in [6.45, 7) is 2.78. The van der Waals surface area contributed by atoms with Crippen LogP contribution in [0.25, 0.3) is 0 Å². The molecule has 0 rings (SSSR count). The lowest BCUT2D eigenvalue weighted by Gasteiger charge is -2.08. The van der Waals surface area contributed by atoms with Crippen molar-refractivity contribution in [2.45, 2.75) is 32.3 Å². The van der Waals surface area contributed by atoms with E-state index >= 15 is 0 Å². The van der Waals surface area contributed by atoms with Crippen LogP contribution in [0.15, 0.2) is 11.8 Å². The summed E-state index contributed by atoms with van der Waals surface area (Å²) in [6, 6.07) is 0. The molecule has 0 aromatic carbocycles. The molecule has 0 radical (unpaired) electrons. The number of rotatable bonds is 6. The first-order valence-corrected chi connectivity index (χ1v) is 5.20. The number of hydrogen-bond donors (Lipinski definition) is 3. The molecule has 0 spiro atoms. The van der Waals surface area contributed by atoms with E-state index in [9.17, 15) is 10.2 Å². The molecule has 1 atom stereocenters. The van der Waals surface area contributed by atoms with Crippen molar-refractivity contribution in [2.75, 3.05) is 6.54 Å². The molecule has 72 valence electrons. The van der Waals surface area contributed by atoms with Crippen LogP contribution in [-0.4, -0.2) is 22.9 Å². The predicted molar refractivity (Wildman–Crippen MR) is 58.3 cm³/mol. The fourth-order valence-corrected chi connectivity index (χ4v) is 1.24. The average Bonchev–Trinajstić information content (AvgIpc) is 2.05. The van der Waals surface area contributed by atoms with E-state index in [0.29, 0.717) is 6.42 Å². The number of allylic oxidation sites excluding steroid dienone is 1. The first-order chi connectivity index (χ1) is 5.72. The number of aliphatic hydroxyl groups is 2. The van der Waals surface area contributed by atoms with Gasteiger partial charge in [-0.25, -0.2) is 0 Å². The fraction of sp³-hybridized carbons (Fsp3) is 0.750. The van der Waals surface area contributed by atoms with Gasteiger partial charge in [0, 0.05) is 29.4 Å². The first-order valence-electron chi connectivity index (χ1n) is 4.13. The minimum Gasteiger partial charge on any atom is -0.510 e. The highest BCUT2D eigenvalue weighted by Gasteiger charge is 2.07. The maximum atomic E-state index is 9.33. The molecule has 3 N–H and O–H groups in total. The molecule has 0 fully saturated rings. The molecule has 0 amide bonds. The minimum absolute atomic E-state index is 0.103. The molecule has 0 aromatic rings. The van der Waals surface area contributed by atoms with E-state index < -0.39 is 6.10 Å². The molecule has 12 heavy (non-hydrogen) atoms. The molecule has 0 aliphatic rings. The van der Waals surface area contributed by atoms with E-state index in [-0.39, 0.29) is 5.76 Å². The van der Waals surface area contributed by atoms with E-state index in [1.54, 1.807) is 6.08 Å². The van der Waals surface area contributed by atoms with E-state index in [0.717, 1.165) is 19.4 Å². The molecule has 0 saturated heterocycles. The van der Waals surface area contributed by atoms with Crippen molar-refractivity contribution in [3.05, 3.63) is 11.8 Å². The summed E-state index contributed by atoms with van der Waals surface area (Å²) in [7, 11) is 0. The molecule has 0 aliphatic heterocycles. The third kappa shape index (κ3) is 5.79. The topological polar surface area (TPSA) is 52.5 Å². The van der Waals surface area contributed by atoms with Crippen LogP contribution in [0.2, 0.25) is 0 Å². The van der Waals surface area contributed by atoms with Crippen LogP contribution >= 0.6 is 22.9 Å². The lowest BCUT2D eigenvalue weighted by molar-refractivity contribution is 0.142. The molecule has 4 heteroatoms. The van der Waals surface area contributed by atoms with Gasteiger partial charge in [-0.2, -0.15) is 0 Å². The summed E-state index contributed by atoms with van der Waals surface area (Å²) in [5, 5.41) is 18.5. The van der Waals surface area contributed by atoms with Gasteiger partial charge in [0.1, 0.15) is 11.9 Å². The fourth-order valence-electron chi connectivity index (χ4n) is 0.855. The highest BCUT2D eigenvalue weighted by Crippen LogP contribution is 2.06. The maximum absolute atomic E-state index is 9.33. The van der Waals surface area contributed by atoms with Gasteiger partial charge in [-0.3, -0.25) is 3.53 Å². The van der Waals surface area contributed by atoms with Gasteiger partial charge < -0.3 is 10.2 Å². The number of halogens is 1. The van der Waals surface area contributed by atoms with Crippen LogP contribution in [-0.2, 0) is 0 Å². The smallest absolute Gasteiger partial charge is 0.117 e. The van der Waals surface area contributed by atoms with Crippen molar-refractivity contribution in [1.82, 2.24) is 3.53 Å². The Hall–Kier alpha value is 0.190. The van der Waals surface area contributed by atoms with Crippen LogP contribution in [0.5, 0.6) is 0 Å². The van der Waals surface area contributed by atoms with Gasteiger partial charge in [-0.05, 0) is 25.3 Å². The molecule has 0 aromatic heterocycles. The molecule has 0 bridgehead atoms. The zero-order chi connectivity index (χ0) is 9.40. The third-order valence-electron chi connectivity index (χ3n) is 1.50. The van der Waals surface area contributed by atoms with Crippen LogP contribution < -0.4 is 3.53 Å². The SMILES string of the molecule is CC/C=C(/O)[C@@H](O)CCCNI. The number of aliphatic hydroxyl groups excluding tert-OH is 2. The van der Waals surface area contributed by atoms with Crippen LogP contribution in [0.4, 0.5) is 0 Å². The van der Waals surface area contributed by atoms with Gasteiger partial charge in [0.25, 0.3) is 0 Å². The Bertz CT molecular complexity index is 139. The van der Waals surface area contributed by atoms with Gasteiger partial charge in [0.15, 0.2) is 0 Å². The lowest BCUT2D eigenvalue weighted by atomic mass is 10.1. The van der Waals surface area contributed by atoms with E-state index in [4.69, 9.17) is 0 Å². The number of hydrogen-bond acceptors (Lipinski definition) is 3. The summed E-state index contributed by atoms with van der Waals surface area (Å²) in [5.41, 5.74) is 0. The second-order valence-corrected chi connectivity index (χ2v) is 3.34. The van der Waals surface area contributed by atoms with Gasteiger partial charge in [0.2, 0.25) is 0 Å². The zero-order valence-electron chi connectivity index (χ0n) is 7.26. The Morgan fingerprint density at radius 3 is 2.83 bits per heavy atom. The third-order valence-corrected chi connectivity index (χ3v) is 2.04. The van der Waals surface area contributed by atoms with Gasteiger partial charge in [-0.15, -0.1) is 0 Å². The molecule has 0 heterocycles. The molecule has 0 aliphatic carbocycles. The van der Waals surface area contributed by atoms with E-state index in [1.807, 2.05) is 6.92 Å². The Labute approximate surface area is 87.4 Å². The normalized spacial score (nSPS) is 14.8. The van der Waals surface area contributed by atoms with Crippen molar-refractivity contribution < 1.29 is 10.2 Å². The van der Waals surface area contributed by atoms with Gasteiger partial charge in [-0.1, -0.05) is 6.92 Å². The predicted octanol–water partition coefficient (Wildman–Crippen LogP) is 1.92. The monoisotopic (exact) mass is 285 g/mol. The van der Waals surface area contributed by atoms with Crippen molar-refractivity contribution in [3.8, 4) is 0 Å². The van der Waals surface area contributed by atoms with Crippen molar-refractivity contribution in [2.24, 2.45) is 0 Å². The van der Waals surface area contributed by atoms with Gasteiger partial charge in [0.05, 0.1) is 0 Å². The summed E-state index contributed by atoms with van der Waals surface area (Å²) in [5.74, 6) is 0.103. The Kier molecular flexibility index (Phi) is 7.94. The summed E-state index contributed by atoms with van der Waals surface area (Å²) in [4.78, 5) is 0. The van der Waals surface area contributed by atoms with E-state index in [2.05, 4.69) is 26.4 Å². The number of nitrogens with one attached hydrogen (secondary N) is 1. The lowest BCUT2D eigenvalue weighted by Crippen LogP contribution is -2.12. The first kappa shape index (κ1) is 12.2. The highest BCUT2D eigenvalue weighted by atomic mass is 127. The second kappa shape index (κ2) is 7.82. The maximum Gasteiger partial charge on any atom is 0.117 e. The quantitative estimate of drug-likeness (QED) is 0.302. The Balaban J connectivity index is 3.56.